The predicted molar refractivity (Wildman–Crippen MR) is 74.4 cm³/mol. The summed E-state index contributed by atoms with van der Waals surface area (Å²) in [6, 6.07) is 2.10. The summed E-state index contributed by atoms with van der Waals surface area (Å²) >= 11 is 0. The minimum Gasteiger partial charge on any atom is -0.359 e. The van der Waals surface area contributed by atoms with Crippen molar-refractivity contribution in [2.45, 2.75) is 31.8 Å². The van der Waals surface area contributed by atoms with Crippen LogP contribution in [0.25, 0.3) is 0 Å². The molecule has 0 unspecified atom stereocenters. The van der Waals surface area contributed by atoms with Gasteiger partial charge in [0.1, 0.15) is 0 Å². The highest BCUT2D eigenvalue weighted by atomic mass is 16.5. The van der Waals surface area contributed by atoms with E-state index in [-0.39, 0.29) is 5.91 Å². The SMILES string of the molecule is CN1CCN(Cc2cc(C(=O)NC3CCC3)no2)CC1. The van der Waals surface area contributed by atoms with E-state index in [0.29, 0.717) is 11.7 Å². The van der Waals surface area contributed by atoms with Crippen molar-refractivity contribution in [2.24, 2.45) is 0 Å². The largest absolute Gasteiger partial charge is 0.359 e. The van der Waals surface area contributed by atoms with Crippen LogP contribution in [0.3, 0.4) is 0 Å². The van der Waals surface area contributed by atoms with Crippen molar-refractivity contribution in [3.63, 3.8) is 0 Å². The van der Waals surface area contributed by atoms with Gasteiger partial charge in [0, 0.05) is 38.3 Å². The molecule has 110 valence electrons. The first-order valence-corrected chi connectivity index (χ1v) is 7.38. The lowest BCUT2D eigenvalue weighted by atomic mass is 9.93. The third kappa shape index (κ3) is 3.19. The number of likely N-dealkylation sites (N-methyl/N-ethyl adjacent to an activating group) is 1. The lowest BCUT2D eigenvalue weighted by Crippen LogP contribution is -2.43. The van der Waals surface area contributed by atoms with E-state index >= 15 is 0 Å². The predicted octanol–water partition coefficient (Wildman–Crippen LogP) is 0.704. The van der Waals surface area contributed by atoms with Gasteiger partial charge in [-0.15, -0.1) is 0 Å². The molecule has 0 radical (unpaired) electrons. The maximum absolute atomic E-state index is 11.9. The highest BCUT2D eigenvalue weighted by Gasteiger charge is 2.22. The van der Waals surface area contributed by atoms with Crippen LogP contribution in [-0.2, 0) is 6.54 Å². The van der Waals surface area contributed by atoms with Gasteiger partial charge < -0.3 is 14.7 Å². The normalized spacial score (nSPS) is 21.6. The molecule has 1 aliphatic heterocycles. The molecule has 2 aliphatic rings. The summed E-state index contributed by atoms with van der Waals surface area (Å²) in [6.45, 7) is 4.94. The van der Waals surface area contributed by atoms with Gasteiger partial charge in [-0.05, 0) is 26.3 Å². The zero-order valence-electron chi connectivity index (χ0n) is 12.0. The number of piperazine rings is 1. The Hall–Kier alpha value is -1.40. The highest BCUT2D eigenvalue weighted by molar-refractivity contribution is 5.92. The summed E-state index contributed by atoms with van der Waals surface area (Å²) in [6.07, 6.45) is 3.37. The first-order chi connectivity index (χ1) is 9.70. The molecule has 1 amide bonds. The first kappa shape index (κ1) is 13.6. The second kappa shape index (κ2) is 5.93. The maximum atomic E-state index is 11.9. The molecule has 0 aromatic carbocycles. The van der Waals surface area contributed by atoms with Crippen LogP contribution in [0.4, 0.5) is 0 Å². The third-order valence-electron chi connectivity index (χ3n) is 4.21. The molecule has 2 heterocycles. The summed E-state index contributed by atoms with van der Waals surface area (Å²) in [5.41, 5.74) is 0.404. The lowest BCUT2D eigenvalue weighted by molar-refractivity contribution is 0.0907. The number of aromatic nitrogens is 1. The van der Waals surface area contributed by atoms with Gasteiger partial charge in [0.25, 0.3) is 5.91 Å². The Morgan fingerprint density at radius 1 is 1.40 bits per heavy atom. The van der Waals surface area contributed by atoms with E-state index < -0.39 is 0 Å². The zero-order chi connectivity index (χ0) is 13.9. The van der Waals surface area contributed by atoms with E-state index in [1.807, 2.05) is 0 Å². The standard InChI is InChI=1S/C14H22N4O2/c1-17-5-7-18(8-6-17)10-12-9-13(16-20-12)14(19)15-11-3-2-4-11/h9,11H,2-8,10H2,1H3,(H,15,19). The molecule has 2 fully saturated rings. The van der Waals surface area contributed by atoms with E-state index in [9.17, 15) is 4.79 Å². The fraction of sp³-hybridized carbons (Fsp3) is 0.714. The smallest absolute Gasteiger partial charge is 0.273 e. The highest BCUT2D eigenvalue weighted by Crippen LogP contribution is 2.18. The molecule has 0 atom stereocenters. The topological polar surface area (TPSA) is 61.6 Å². The van der Waals surface area contributed by atoms with Crippen LogP contribution in [0.15, 0.2) is 10.6 Å². The van der Waals surface area contributed by atoms with E-state index in [0.717, 1.165) is 51.3 Å². The van der Waals surface area contributed by atoms with Crippen molar-refractivity contribution in [2.75, 3.05) is 33.2 Å². The van der Waals surface area contributed by atoms with Gasteiger partial charge in [-0.1, -0.05) is 5.16 Å². The van der Waals surface area contributed by atoms with Crippen molar-refractivity contribution in [3.8, 4) is 0 Å². The van der Waals surface area contributed by atoms with Crippen molar-refractivity contribution in [1.29, 1.82) is 0 Å². The second-order valence-electron chi connectivity index (χ2n) is 5.86. The Bertz CT molecular complexity index is 461. The summed E-state index contributed by atoms with van der Waals surface area (Å²) in [4.78, 5) is 16.6. The molecular formula is C14H22N4O2. The van der Waals surface area contributed by atoms with Gasteiger partial charge >= 0.3 is 0 Å². The van der Waals surface area contributed by atoms with Gasteiger partial charge in [0.15, 0.2) is 11.5 Å². The molecule has 3 rings (SSSR count). The van der Waals surface area contributed by atoms with E-state index in [1.54, 1.807) is 6.07 Å². The molecule has 6 nitrogen and oxygen atoms in total. The molecule has 0 spiro atoms. The Labute approximate surface area is 119 Å². The van der Waals surface area contributed by atoms with Crippen LogP contribution < -0.4 is 5.32 Å². The van der Waals surface area contributed by atoms with Crippen LogP contribution in [0.2, 0.25) is 0 Å². The number of nitrogens with zero attached hydrogens (tertiary/aromatic N) is 3. The number of carbonyl (C=O) groups is 1. The maximum Gasteiger partial charge on any atom is 0.273 e. The fourth-order valence-electron chi connectivity index (χ4n) is 2.53. The van der Waals surface area contributed by atoms with Crippen molar-refractivity contribution in [3.05, 3.63) is 17.5 Å². The molecule has 1 saturated carbocycles. The monoisotopic (exact) mass is 278 g/mol. The number of carbonyl (C=O) groups excluding carboxylic acids is 1. The van der Waals surface area contributed by atoms with Crippen LogP contribution in [-0.4, -0.2) is 60.1 Å². The number of hydrogen-bond acceptors (Lipinski definition) is 5. The summed E-state index contributed by atoms with van der Waals surface area (Å²) in [5.74, 6) is 0.663. The minimum atomic E-state index is -0.108. The molecule has 1 saturated heterocycles. The van der Waals surface area contributed by atoms with E-state index in [2.05, 4.69) is 27.3 Å². The third-order valence-corrected chi connectivity index (χ3v) is 4.21. The number of hydrogen-bond donors (Lipinski definition) is 1. The Morgan fingerprint density at radius 3 is 2.80 bits per heavy atom. The van der Waals surface area contributed by atoms with E-state index in [4.69, 9.17) is 4.52 Å². The molecular weight excluding hydrogens is 256 g/mol. The lowest BCUT2D eigenvalue weighted by Gasteiger charge is -2.31. The average Bonchev–Trinajstić information content (AvgIpc) is 2.85. The van der Waals surface area contributed by atoms with Gasteiger partial charge in [-0.3, -0.25) is 9.69 Å². The summed E-state index contributed by atoms with van der Waals surface area (Å²) < 4.78 is 5.28. The van der Waals surface area contributed by atoms with Crippen LogP contribution in [0.5, 0.6) is 0 Å². The Morgan fingerprint density at radius 2 is 2.15 bits per heavy atom. The summed E-state index contributed by atoms with van der Waals surface area (Å²) in [5, 5.41) is 6.86. The number of nitrogens with one attached hydrogen (secondary N) is 1. The minimum absolute atomic E-state index is 0.108. The van der Waals surface area contributed by atoms with E-state index in [1.165, 1.54) is 6.42 Å². The molecule has 6 heteroatoms. The van der Waals surface area contributed by atoms with Crippen LogP contribution in [0, 0.1) is 0 Å². The molecule has 1 aliphatic carbocycles. The van der Waals surface area contributed by atoms with Crippen molar-refractivity contribution < 1.29 is 9.32 Å². The molecule has 1 aromatic rings. The first-order valence-electron chi connectivity index (χ1n) is 7.38. The number of amides is 1. The van der Waals surface area contributed by atoms with Crippen LogP contribution >= 0.6 is 0 Å². The fourth-order valence-corrected chi connectivity index (χ4v) is 2.53. The molecule has 1 N–H and O–H groups in total. The van der Waals surface area contributed by atoms with Gasteiger partial charge in [0.05, 0.1) is 6.54 Å². The van der Waals surface area contributed by atoms with Gasteiger partial charge in [-0.2, -0.15) is 0 Å². The number of rotatable bonds is 4. The molecule has 1 aromatic heterocycles. The summed E-state index contributed by atoms with van der Waals surface area (Å²) in [7, 11) is 2.13. The Balaban J connectivity index is 1.52. The molecule has 20 heavy (non-hydrogen) atoms. The van der Waals surface area contributed by atoms with Gasteiger partial charge in [-0.25, -0.2) is 0 Å². The second-order valence-corrected chi connectivity index (χ2v) is 5.86. The molecule has 0 bridgehead atoms. The average molecular weight is 278 g/mol. The van der Waals surface area contributed by atoms with Crippen molar-refractivity contribution >= 4 is 5.91 Å². The van der Waals surface area contributed by atoms with Crippen LogP contribution in [0.1, 0.15) is 35.5 Å². The Kier molecular flexibility index (Phi) is 4.03. The quantitative estimate of drug-likeness (QED) is 0.878. The van der Waals surface area contributed by atoms with Gasteiger partial charge in [0.2, 0.25) is 0 Å². The zero-order valence-corrected chi connectivity index (χ0v) is 12.0. The van der Waals surface area contributed by atoms with Crippen molar-refractivity contribution in [1.82, 2.24) is 20.3 Å².